The van der Waals surface area contributed by atoms with E-state index in [1.807, 2.05) is 30.3 Å². The van der Waals surface area contributed by atoms with Gasteiger partial charge in [-0.2, -0.15) is 0 Å². The van der Waals surface area contributed by atoms with Crippen LogP contribution in [-0.4, -0.2) is 10.1 Å². The molecule has 0 atom stereocenters. The minimum absolute atomic E-state index is 0.263. The maximum Gasteiger partial charge on any atom is 0.144 e. The standard InChI is InChI=1S/C12H10INO/c1-8-12(15)11(5-6-14-8)9-3-2-4-10(13)7-9/h2-7,15H,1H3. The van der Waals surface area contributed by atoms with E-state index in [1.165, 1.54) is 0 Å². The van der Waals surface area contributed by atoms with Gasteiger partial charge < -0.3 is 5.11 Å². The van der Waals surface area contributed by atoms with Crippen molar-refractivity contribution < 1.29 is 5.11 Å². The summed E-state index contributed by atoms with van der Waals surface area (Å²) in [6.07, 6.45) is 1.71. The third kappa shape index (κ3) is 2.12. The van der Waals surface area contributed by atoms with Crippen LogP contribution in [0.15, 0.2) is 36.5 Å². The second-order valence-corrected chi connectivity index (χ2v) is 4.55. The first-order chi connectivity index (χ1) is 7.18. The molecule has 0 bridgehead atoms. The van der Waals surface area contributed by atoms with Crippen LogP contribution in [-0.2, 0) is 0 Å². The highest BCUT2D eigenvalue weighted by atomic mass is 127. The van der Waals surface area contributed by atoms with E-state index in [-0.39, 0.29) is 5.75 Å². The van der Waals surface area contributed by atoms with Gasteiger partial charge in [0, 0.05) is 15.3 Å². The predicted molar refractivity (Wildman–Crippen MR) is 68.8 cm³/mol. The molecule has 0 saturated carbocycles. The number of aryl methyl sites for hydroxylation is 1. The normalized spacial score (nSPS) is 10.3. The highest BCUT2D eigenvalue weighted by Crippen LogP contribution is 2.30. The first-order valence-corrected chi connectivity index (χ1v) is 5.67. The second-order valence-electron chi connectivity index (χ2n) is 3.30. The lowest BCUT2D eigenvalue weighted by Crippen LogP contribution is -1.86. The minimum Gasteiger partial charge on any atom is -0.505 e. The fourth-order valence-corrected chi connectivity index (χ4v) is 1.99. The molecule has 0 aliphatic heterocycles. The van der Waals surface area contributed by atoms with Crippen LogP contribution in [0.5, 0.6) is 5.75 Å². The van der Waals surface area contributed by atoms with Gasteiger partial charge >= 0.3 is 0 Å². The molecule has 2 rings (SSSR count). The molecule has 1 aromatic heterocycles. The Kier molecular flexibility index (Phi) is 2.90. The molecule has 0 fully saturated rings. The van der Waals surface area contributed by atoms with Gasteiger partial charge in [0.05, 0.1) is 5.69 Å². The Morgan fingerprint density at radius 3 is 2.80 bits per heavy atom. The Morgan fingerprint density at radius 2 is 2.07 bits per heavy atom. The van der Waals surface area contributed by atoms with Crippen molar-refractivity contribution in [1.82, 2.24) is 4.98 Å². The van der Waals surface area contributed by atoms with E-state index in [0.717, 1.165) is 14.7 Å². The molecule has 0 spiro atoms. The van der Waals surface area contributed by atoms with E-state index in [2.05, 4.69) is 27.6 Å². The number of pyridine rings is 1. The van der Waals surface area contributed by atoms with Crippen LogP contribution in [0.4, 0.5) is 0 Å². The zero-order chi connectivity index (χ0) is 10.8. The fourth-order valence-electron chi connectivity index (χ4n) is 1.45. The number of nitrogens with zero attached hydrogens (tertiary/aromatic N) is 1. The van der Waals surface area contributed by atoms with Gasteiger partial charge in [-0.3, -0.25) is 4.98 Å². The SMILES string of the molecule is Cc1nccc(-c2cccc(I)c2)c1O. The quantitative estimate of drug-likeness (QED) is 0.819. The van der Waals surface area contributed by atoms with Crippen LogP contribution < -0.4 is 0 Å². The van der Waals surface area contributed by atoms with Gasteiger partial charge in [-0.15, -0.1) is 0 Å². The van der Waals surface area contributed by atoms with Crippen molar-refractivity contribution in [2.24, 2.45) is 0 Å². The first-order valence-electron chi connectivity index (χ1n) is 4.59. The Morgan fingerprint density at radius 1 is 1.27 bits per heavy atom. The van der Waals surface area contributed by atoms with E-state index in [0.29, 0.717) is 5.69 Å². The third-order valence-electron chi connectivity index (χ3n) is 2.24. The highest BCUT2D eigenvalue weighted by Gasteiger charge is 2.06. The lowest BCUT2D eigenvalue weighted by molar-refractivity contribution is 0.470. The highest BCUT2D eigenvalue weighted by molar-refractivity contribution is 14.1. The van der Waals surface area contributed by atoms with Gasteiger partial charge in [-0.1, -0.05) is 12.1 Å². The second kappa shape index (κ2) is 4.18. The number of hydrogen-bond donors (Lipinski definition) is 1. The van der Waals surface area contributed by atoms with Gasteiger partial charge in [0.2, 0.25) is 0 Å². The van der Waals surface area contributed by atoms with Crippen LogP contribution >= 0.6 is 22.6 Å². The number of aromatic hydroxyl groups is 1. The van der Waals surface area contributed by atoms with Crippen molar-refractivity contribution in [1.29, 1.82) is 0 Å². The molecule has 0 aliphatic rings. The van der Waals surface area contributed by atoms with Gasteiger partial charge in [0.1, 0.15) is 5.75 Å². The summed E-state index contributed by atoms with van der Waals surface area (Å²) in [5.74, 6) is 0.263. The molecule has 15 heavy (non-hydrogen) atoms. The molecule has 0 amide bonds. The maximum atomic E-state index is 9.88. The molecule has 1 N–H and O–H groups in total. The minimum atomic E-state index is 0.263. The van der Waals surface area contributed by atoms with E-state index >= 15 is 0 Å². The summed E-state index contributed by atoms with van der Waals surface area (Å²) in [4.78, 5) is 4.04. The predicted octanol–water partition coefficient (Wildman–Crippen LogP) is 3.37. The van der Waals surface area contributed by atoms with Crippen LogP contribution in [0.25, 0.3) is 11.1 Å². The zero-order valence-corrected chi connectivity index (χ0v) is 10.4. The smallest absolute Gasteiger partial charge is 0.144 e. The summed E-state index contributed by atoms with van der Waals surface area (Å²) in [6.45, 7) is 1.80. The molecule has 2 nitrogen and oxygen atoms in total. The van der Waals surface area contributed by atoms with Crippen molar-refractivity contribution in [2.75, 3.05) is 0 Å². The molecule has 0 unspecified atom stereocenters. The lowest BCUT2D eigenvalue weighted by atomic mass is 10.1. The Bertz CT molecular complexity index is 497. The van der Waals surface area contributed by atoms with E-state index < -0.39 is 0 Å². The Hall–Kier alpha value is -1.10. The molecule has 0 radical (unpaired) electrons. The van der Waals surface area contributed by atoms with E-state index in [1.54, 1.807) is 13.1 Å². The average Bonchev–Trinajstić information content (AvgIpc) is 2.22. The zero-order valence-electron chi connectivity index (χ0n) is 8.24. The van der Waals surface area contributed by atoms with Gasteiger partial charge in [0.25, 0.3) is 0 Å². The topological polar surface area (TPSA) is 33.1 Å². The molecule has 0 aliphatic carbocycles. The van der Waals surface area contributed by atoms with Gasteiger partial charge in [0.15, 0.2) is 0 Å². The summed E-state index contributed by atoms with van der Waals surface area (Å²) in [7, 11) is 0. The molecule has 1 heterocycles. The summed E-state index contributed by atoms with van der Waals surface area (Å²) in [5.41, 5.74) is 2.51. The maximum absolute atomic E-state index is 9.88. The first kappa shape index (κ1) is 10.4. The van der Waals surface area contributed by atoms with Crippen molar-refractivity contribution in [3.8, 4) is 16.9 Å². The summed E-state index contributed by atoms with van der Waals surface area (Å²) in [6, 6.07) is 9.85. The lowest BCUT2D eigenvalue weighted by Gasteiger charge is -2.06. The number of halogens is 1. The number of hydrogen-bond acceptors (Lipinski definition) is 2. The molecular weight excluding hydrogens is 301 g/mol. The number of aromatic nitrogens is 1. The molecule has 76 valence electrons. The van der Waals surface area contributed by atoms with Crippen molar-refractivity contribution in [3.05, 3.63) is 45.8 Å². The van der Waals surface area contributed by atoms with Crippen LogP contribution in [0.2, 0.25) is 0 Å². The van der Waals surface area contributed by atoms with Crippen LogP contribution in [0.3, 0.4) is 0 Å². The van der Waals surface area contributed by atoms with Crippen molar-refractivity contribution in [3.63, 3.8) is 0 Å². The molecular formula is C12H10INO. The number of benzene rings is 1. The third-order valence-corrected chi connectivity index (χ3v) is 2.91. The average molecular weight is 311 g/mol. The Balaban J connectivity index is 2.59. The molecule has 2 aromatic rings. The Labute approximate surface area is 102 Å². The summed E-state index contributed by atoms with van der Waals surface area (Å²) in [5, 5.41) is 9.88. The molecule has 0 saturated heterocycles. The van der Waals surface area contributed by atoms with Crippen LogP contribution in [0.1, 0.15) is 5.69 Å². The fraction of sp³-hybridized carbons (Fsp3) is 0.0833. The van der Waals surface area contributed by atoms with Crippen molar-refractivity contribution >= 4 is 22.6 Å². The number of rotatable bonds is 1. The molecule has 3 heteroatoms. The largest absolute Gasteiger partial charge is 0.505 e. The molecule has 1 aromatic carbocycles. The summed E-state index contributed by atoms with van der Waals surface area (Å²) < 4.78 is 1.15. The van der Waals surface area contributed by atoms with Crippen LogP contribution in [0, 0.1) is 10.5 Å². The van der Waals surface area contributed by atoms with Gasteiger partial charge in [-0.05, 0) is 53.3 Å². The van der Waals surface area contributed by atoms with E-state index in [4.69, 9.17) is 0 Å². The monoisotopic (exact) mass is 311 g/mol. The van der Waals surface area contributed by atoms with Crippen molar-refractivity contribution in [2.45, 2.75) is 6.92 Å². The van der Waals surface area contributed by atoms with E-state index in [9.17, 15) is 5.11 Å². The van der Waals surface area contributed by atoms with Gasteiger partial charge in [-0.25, -0.2) is 0 Å². The summed E-state index contributed by atoms with van der Waals surface area (Å²) >= 11 is 2.26.